The first kappa shape index (κ1) is 18.1. The van der Waals surface area contributed by atoms with Crippen LogP contribution in [-0.2, 0) is 0 Å². The van der Waals surface area contributed by atoms with Crippen LogP contribution in [0.15, 0.2) is 42.5 Å². The molecule has 3 nitrogen and oxygen atoms in total. The van der Waals surface area contributed by atoms with Crippen LogP contribution in [0.25, 0.3) is 0 Å². The number of likely N-dealkylation sites (N-methyl/N-ethyl adjacent to an activating group) is 1. The molecule has 0 spiro atoms. The van der Waals surface area contributed by atoms with Gasteiger partial charge in [0.15, 0.2) is 0 Å². The molecule has 6 heteroatoms. The van der Waals surface area contributed by atoms with E-state index in [4.69, 9.17) is 34.8 Å². The van der Waals surface area contributed by atoms with Gasteiger partial charge in [-0.1, -0.05) is 34.8 Å². The monoisotopic (exact) mass is 370 g/mol. The Morgan fingerprint density at radius 1 is 0.913 bits per heavy atom. The number of hydrogen-bond donors (Lipinski definition) is 0. The van der Waals surface area contributed by atoms with E-state index >= 15 is 0 Å². The Balaban J connectivity index is 2.35. The Hall–Kier alpha value is -1.26. The van der Waals surface area contributed by atoms with Crippen LogP contribution in [0.2, 0.25) is 15.1 Å². The fraction of sp³-hybridized carbons (Fsp3) is 0.235. The number of halogens is 3. The zero-order valence-electron chi connectivity index (χ0n) is 12.9. The lowest BCUT2D eigenvalue weighted by molar-refractivity contribution is 0.0985. The minimum absolute atomic E-state index is 0.171. The van der Waals surface area contributed by atoms with Crippen LogP contribution in [0, 0.1) is 0 Å². The molecule has 0 bridgehead atoms. The molecule has 0 fully saturated rings. The molecule has 0 aliphatic rings. The van der Waals surface area contributed by atoms with E-state index in [0.29, 0.717) is 27.2 Å². The van der Waals surface area contributed by atoms with Gasteiger partial charge in [-0.25, -0.2) is 0 Å². The molecule has 0 saturated carbocycles. The number of anilines is 1. The first-order chi connectivity index (χ1) is 10.9. The van der Waals surface area contributed by atoms with Gasteiger partial charge in [0.25, 0.3) is 5.91 Å². The van der Waals surface area contributed by atoms with Gasteiger partial charge in [0.2, 0.25) is 0 Å². The summed E-state index contributed by atoms with van der Waals surface area (Å²) in [5, 5.41) is 1.46. The number of carbonyl (C=O) groups is 1. The second-order valence-electron chi connectivity index (χ2n) is 5.36. The summed E-state index contributed by atoms with van der Waals surface area (Å²) in [5.74, 6) is -0.171. The molecule has 0 aliphatic heterocycles. The summed E-state index contributed by atoms with van der Waals surface area (Å²) in [6.45, 7) is 1.26. The van der Waals surface area contributed by atoms with Crippen LogP contribution in [-0.4, -0.2) is 38.0 Å². The highest BCUT2D eigenvalue weighted by atomic mass is 35.5. The Morgan fingerprint density at radius 2 is 1.52 bits per heavy atom. The summed E-state index contributed by atoms with van der Waals surface area (Å²) in [4.78, 5) is 16.6. The summed E-state index contributed by atoms with van der Waals surface area (Å²) in [7, 11) is 3.92. The van der Waals surface area contributed by atoms with E-state index in [1.165, 1.54) is 0 Å². The zero-order chi connectivity index (χ0) is 17.0. The van der Waals surface area contributed by atoms with E-state index in [-0.39, 0.29) is 5.91 Å². The van der Waals surface area contributed by atoms with Crippen molar-refractivity contribution in [2.75, 3.05) is 32.1 Å². The zero-order valence-corrected chi connectivity index (χ0v) is 15.2. The van der Waals surface area contributed by atoms with Crippen molar-refractivity contribution in [2.24, 2.45) is 0 Å². The molecule has 0 atom stereocenters. The summed E-state index contributed by atoms with van der Waals surface area (Å²) >= 11 is 18.0. The molecular formula is C17H17Cl3N2O. The highest BCUT2D eigenvalue weighted by molar-refractivity contribution is 6.37. The van der Waals surface area contributed by atoms with E-state index < -0.39 is 0 Å². The molecule has 2 aromatic rings. The number of hydrogen-bond acceptors (Lipinski definition) is 2. The van der Waals surface area contributed by atoms with Gasteiger partial charge in [0.1, 0.15) is 0 Å². The van der Waals surface area contributed by atoms with Crippen LogP contribution in [0.4, 0.5) is 5.69 Å². The lowest BCUT2D eigenvalue weighted by Crippen LogP contribution is -2.36. The molecule has 0 aromatic heterocycles. The fourth-order valence-corrected chi connectivity index (χ4v) is 2.69. The molecule has 23 heavy (non-hydrogen) atoms. The molecular weight excluding hydrogens is 355 g/mol. The van der Waals surface area contributed by atoms with E-state index in [1.54, 1.807) is 35.2 Å². The number of rotatable bonds is 5. The maximum atomic E-state index is 12.9. The van der Waals surface area contributed by atoms with Crippen molar-refractivity contribution in [3.8, 4) is 0 Å². The average molecular weight is 372 g/mol. The molecule has 2 rings (SSSR count). The third-order valence-electron chi connectivity index (χ3n) is 3.32. The second kappa shape index (κ2) is 8.02. The van der Waals surface area contributed by atoms with Gasteiger partial charge in [-0.3, -0.25) is 4.79 Å². The van der Waals surface area contributed by atoms with Crippen LogP contribution in [0.1, 0.15) is 10.4 Å². The first-order valence-electron chi connectivity index (χ1n) is 7.05. The molecule has 0 radical (unpaired) electrons. The molecule has 0 saturated heterocycles. The minimum Gasteiger partial charge on any atom is -0.308 e. The van der Waals surface area contributed by atoms with Crippen LogP contribution < -0.4 is 4.90 Å². The fourth-order valence-electron chi connectivity index (χ4n) is 2.08. The van der Waals surface area contributed by atoms with Gasteiger partial charge >= 0.3 is 0 Å². The molecule has 0 heterocycles. The quantitative estimate of drug-likeness (QED) is 0.749. The first-order valence-corrected chi connectivity index (χ1v) is 8.19. The van der Waals surface area contributed by atoms with E-state index in [2.05, 4.69) is 0 Å². The summed E-state index contributed by atoms with van der Waals surface area (Å²) in [6, 6.07) is 12.0. The van der Waals surface area contributed by atoms with E-state index in [0.717, 1.165) is 12.2 Å². The minimum atomic E-state index is -0.171. The van der Waals surface area contributed by atoms with Crippen molar-refractivity contribution < 1.29 is 4.79 Å². The van der Waals surface area contributed by atoms with Crippen molar-refractivity contribution in [2.45, 2.75) is 0 Å². The van der Waals surface area contributed by atoms with Gasteiger partial charge in [-0.2, -0.15) is 0 Å². The smallest absolute Gasteiger partial charge is 0.259 e. The molecule has 0 unspecified atom stereocenters. The maximum absolute atomic E-state index is 12.9. The van der Waals surface area contributed by atoms with Gasteiger partial charge in [0.05, 0.1) is 10.6 Å². The van der Waals surface area contributed by atoms with Crippen LogP contribution >= 0.6 is 34.8 Å². The molecule has 0 N–H and O–H groups in total. The standard InChI is InChI=1S/C17H17Cl3N2O/c1-21(2)9-10-22(14-6-3-12(18)4-7-14)17(23)15-8-5-13(19)11-16(15)20/h3-8,11H,9-10H2,1-2H3. The number of carbonyl (C=O) groups excluding carboxylic acids is 1. The topological polar surface area (TPSA) is 23.6 Å². The molecule has 0 aliphatic carbocycles. The molecule has 122 valence electrons. The number of amides is 1. The lowest BCUT2D eigenvalue weighted by atomic mass is 10.1. The summed E-state index contributed by atoms with van der Waals surface area (Å²) in [6.07, 6.45) is 0. The van der Waals surface area contributed by atoms with Gasteiger partial charge < -0.3 is 9.80 Å². The van der Waals surface area contributed by atoms with Gasteiger partial charge in [-0.15, -0.1) is 0 Å². The third-order valence-corrected chi connectivity index (χ3v) is 4.12. The predicted molar refractivity (Wildman–Crippen MR) is 98.1 cm³/mol. The second-order valence-corrected chi connectivity index (χ2v) is 6.64. The Labute approximate surface area is 151 Å². The SMILES string of the molecule is CN(C)CCN(C(=O)c1ccc(Cl)cc1Cl)c1ccc(Cl)cc1. The Bertz CT molecular complexity index is 687. The van der Waals surface area contributed by atoms with Crippen molar-refractivity contribution >= 4 is 46.4 Å². The van der Waals surface area contributed by atoms with Crippen LogP contribution in [0.3, 0.4) is 0 Å². The van der Waals surface area contributed by atoms with E-state index in [1.807, 2.05) is 31.1 Å². The third kappa shape index (κ3) is 4.85. The highest BCUT2D eigenvalue weighted by Crippen LogP contribution is 2.25. The highest BCUT2D eigenvalue weighted by Gasteiger charge is 2.20. The molecule has 2 aromatic carbocycles. The van der Waals surface area contributed by atoms with Crippen molar-refractivity contribution in [1.29, 1.82) is 0 Å². The Morgan fingerprint density at radius 3 is 2.09 bits per heavy atom. The average Bonchev–Trinajstić information content (AvgIpc) is 2.48. The lowest BCUT2D eigenvalue weighted by Gasteiger charge is -2.25. The van der Waals surface area contributed by atoms with Crippen LogP contribution in [0.5, 0.6) is 0 Å². The van der Waals surface area contributed by atoms with E-state index in [9.17, 15) is 4.79 Å². The van der Waals surface area contributed by atoms with Gasteiger partial charge in [-0.05, 0) is 56.6 Å². The normalized spacial score (nSPS) is 10.9. The van der Waals surface area contributed by atoms with Crippen molar-refractivity contribution in [3.05, 3.63) is 63.1 Å². The Kier molecular flexibility index (Phi) is 6.31. The summed E-state index contributed by atoms with van der Waals surface area (Å²) < 4.78 is 0. The van der Waals surface area contributed by atoms with Crippen molar-refractivity contribution in [1.82, 2.24) is 4.90 Å². The number of benzene rings is 2. The molecule has 1 amide bonds. The maximum Gasteiger partial charge on any atom is 0.259 e. The number of nitrogens with zero attached hydrogens (tertiary/aromatic N) is 2. The predicted octanol–water partition coefficient (Wildman–Crippen LogP) is 4.86. The van der Waals surface area contributed by atoms with Gasteiger partial charge in [0, 0.05) is 28.8 Å². The summed E-state index contributed by atoms with van der Waals surface area (Å²) in [5.41, 5.74) is 1.19. The van der Waals surface area contributed by atoms with Crippen molar-refractivity contribution in [3.63, 3.8) is 0 Å². The largest absolute Gasteiger partial charge is 0.308 e.